The maximum absolute atomic E-state index is 12.4. The fourth-order valence-corrected chi connectivity index (χ4v) is 4.04. The van der Waals surface area contributed by atoms with Gasteiger partial charge in [0.25, 0.3) is 0 Å². The molecule has 0 aromatic rings. The number of ether oxygens (including phenoxy) is 3. The van der Waals surface area contributed by atoms with Gasteiger partial charge in [-0.25, -0.2) is 9.59 Å². The van der Waals surface area contributed by atoms with Crippen molar-refractivity contribution >= 4 is 11.9 Å². The third-order valence-corrected chi connectivity index (χ3v) is 6.10. The van der Waals surface area contributed by atoms with Gasteiger partial charge < -0.3 is 19.3 Å². The number of esters is 2. The summed E-state index contributed by atoms with van der Waals surface area (Å²) in [5.74, 6) is -1.36. The molecule has 0 spiro atoms. The van der Waals surface area contributed by atoms with E-state index in [4.69, 9.17) is 14.2 Å². The highest BCUT2D eigenvalue weighted by Gasteiger charge is 2.58. The van der Waals surface area contributed by atoms with E-state index in [1.807, 2.05) is 13.8 Å². The molecule has 6 heteroatoms. The molecule has 3 rings (SSSR count). The van der Waals surface area contributed by atoms with Gasteiger partial charge >= 0.3 is 11.9 Å². The molecule has 26 heavy (non-hydrogen) atoms. The number of allylic oxidation sites excluding steroid dienone is 1. The van der Waals surface area contributed by atoms with Gasteiger partial charge in [0.2, 0.25) is 0 Å². The zero-order valence-corrected chi connectivity index (χ0v) is 15.9. The van der Waals surface area contributed by atoms with Gasteiger partial charge in [-0.15, -0.1) is 0 Å². The third kappa shape index (κ3) is 3.45. The number of hydrogen-bond donors (Lipinski definition) is 1. The second kappa shape index (κ2) is 6.82. The van der Waals surface area contributed by atoms with E-state index in [1.54, 1.807) is 19.9 Å². The van der Waals surface area contributed by atoms with E-state index in [1.165, 1.54) is 0 Å². The van der Waals surface area contributed by atoms with Crippen molar-refractivity contribution in [2.75, 3.05) is 0 Å². The first-order chi connectivity index (χ1) is 12.2. The summed E-state index contributed by atoms with van der Waals surface area (Å²) in [6.45, 7) is 11.2. The number of carbonyl (C=O) groups excluding carboxylic acids is 2. The molecule has 3 aliphatic rings. The van der Waals surface area contributed by atoms with Crippen molar-refractivity contribution in [1.29, 1.82) is 0 Å². The Morgan fingerprint density at radius 3 is 2.77 bits per heavy atom. The highest BCUT2D eigenvalue weighted by molar-refractivity contribution is 5.91. The Morgan fingerprint density at radius 1 is 1.42 bits per heavy atom. The molecule has 2 aliphatic heterocycles. The van der Waals surface area contributed by atoms with Crippen molar-refractivity contribution in [1.82, 2.24) is 0 Å². The monoisotopic (exact) mass is 364 g/mol. The first kappa shape index (κ1) is 19.1. The number of rotatable bonds is 2. The summed E-state index contributed by atoms with van der Waals surface area (Å²) in [6.07, 6.45) is 1.54. The molecule has 7 atom stereocenters. The average Bonchev–Trinajstić information content (AvgIpc) is 3.11. The summed E-state index contributed by atoms with van der Waals surface area (Å²) < 4.78 is 17.1. The van der Waals surface area contributed by atoms with E-state index in [-0.39, 0.29) is 12.0 Å². The number of hydrogen-bond acceptors (Lipinski definition) is 6. The smallest absolute Gasteiger partial charge is 0.334 e. The topological polar surface area (TPSA) is 85.4 Å². The lowest BCUT2D eigenvalue weighted by molar-refractivity contribution is -0.149. The molecule has 0 unspecified atom stereocenters. The standard InChI is InChI=1S/C20H28O6/c1-6-10(2)18(22)25-15-9-20(5)16(26-20)8-13(21)11(3)7-14-17(15)12(4)19(23)24-14/h6,11,13-17,21H,4,7-9H2,1-3,5H3/b10-6-/t11-,13-,14+,15+,16+,17+,20+/m0/s1. The fraction of sp³-hybridized carbons (Fsp3) is 0.700. The lowest BCUT2D eigenvalue weighted by Gasteiger charge is -2.31. The number of carbonyl (C=O) groups is 2. The van der Waals surface area contributed by atoms with Crippen LogP contribution in [0.5, 0.6) is 0 Å². The van der Waals surface area contributed by atoms with E-state index < -0.39 is 41.8 Å². The Labute approximate surface area is 154 Å². The molecule has 1 aliphatic carbocycles. The van der Waals surface area contributed by atoms with Crippen LogP contribution >= 0.6 is 0 Å². The van der Waals surface area contributed by atoms with Crippen LogP contribution < -0.4 is 0 Å². The molecule has 1 saturated carbocycles. The Kier molecular flexibility index (Phi) is 5.01. The van der Waals surface area contributed by atoms with Gasteiger partial charge in [-0.3, -0.25) is 0 Å². The fourth-order valence-electron chi connectivity index (χ4n) is 4.04. The lowest BCUT2D eigenvalue weighted by Crippen LogP contribution is -2.40. The van der Waals surface area contributed by atoms with Gasteiger partial charge in [-0.1, -0.05) is 19.6 Å². The number of fused-ring (bicyclic) bond motifs is 2. The summed E-state index contributed by atoms with van der Waals surface area (Å²) in [5, 5.41) is 10.4. The molecule has 0 aromatic carbocycles. The predicted octanol–water partition coefficient (Wildman–Crippen LogP) is 2.30. The van der Waals surface area contributed by atoms with Crippen LogP contribution in [0.4, 0.5) is 0 Å². The number of epoxide rings is 1. The van der Waals surface area contributed by atoms with Gasteiger partial charge in [0.05, 0.1) is 23.7 Å². The van der Waals surface area contributed by atoms with Gasteiger partial charge in [0, 0.05) is 24.0 Å². The molecule has 3 fully saturated rings. The molecular weight excluding hydrogens is 336 g/mol. The maximum atomic E-state index is 12.4. The maximum Gasteiger partial charge on any atom is 0.334 e. The molecule has 2 heterocycles. The molecule has 6 nitrogen and oxygen atoms in total. The van der Waals surface area contributed by atoms with E-state index in [0.717, 1.165) is 0 Å². The molecule has 1 N–H and O–H groups in total. The highest BCUT2D eigenvalue weighted by atomic mass is 16.6. The van der Waals surface area contributed by atoms with E-state index >= 15 is 0 Å². The highest BCUT2D eigenvalue weighted by Crippen LogP contribution is 2.48. The van der Waals surface area contributed by atoms with Crippen molar-refractivity contribution in [2.45, 2.75) is 77.0 Å². The van der Waals surface area contributed by atoms with Crippen LogP contribution in [0.3, 0.4) is 0 Å². The minimum Gasteiger partial charge on any atom is -0.458 e. The number of aliphatic hydroxyl groups excluding tert-OH is 1. The van der Waals surface area contributed by atoms with E-state index in [0.29, 0.717) is 30.4 Å². The Morgan fingerprint density at radius 2 is 2.12 bits per heavy atom. The molecule has 0 aromatic heterocycles. The first-order valence-electron chi connectivity index (χ1n) is 9.26. The molecular formula is C20H28O6. The van der Waals surface area contributed by atoms with Crippen LogP contribution in [0.25, 0.3) is 0 Å². The van der Waals surface area contributed by atoms with Crippen LogP contribution in [-0.2, 0) is 23.8 Å². The minimum atomic E-state index is -0.557. The van der Waals surface area contributed by atoms with Crippen molar-refractivity contribution in [3.05, 3.63) is 23.8 Å². The first-order valence-corrected chi connectivity index (χ1v) is 9.26. The quantitative estimate of drug-likeness (QED) is 0.460. The minimum absolute atomic E-state index is 0.0682. The van der Waals surface area contributed by atoms with Crippen molar-refractivity contribution < 1.29 is 28.9 Å². The number of aliphatic hydroxyl groups is 1. The molecule has 2 saturated heterocycles. The van der Waals surface area contributed by atoms with Crippen molar-refractivity contribution in [3.8, 4) is 0 Å². The van der Waals surface area contributed by atoms with Gasteiger partial charge in [-0.2, -0.15) is 0 Å². The van der Waals surface area contributed by atoms with E-state index in [2.05, 4.69) is 6.58 Å². The summed E-state index contributed by atoms with van der Waals surface area (Å²) in [6, 6.07) is 0. The summed E-state index contributed by atoms with van der Waals surface area (Å²) in [7, 11) is 0. The van der Waals surface area contributed by atoms with Gasteiger partial charge in [0.1, 0.15) is 12.2 Å². The SMILES string of the molecule is C=C1C(=O)O[C@@H]2C[C@H](C)[C@@H](O)C[C@H]3O[C@]3(C)C[C@@H](OC(=O)/C(C)=C\C)[C@H]12. The normalized spacial score (nSPS) is 43.2. The second-order valence-corrected chi connectivity index (χ2v) is 8.05. The molecule has 0 bridgehead atoms. The molecule has 144 valence electrons. The largest absolute Gasteiger partial charge is 0.458 e. The van der Waals surface area contributed by atoms with Gasteiger partial charge in [0.15, 0.2) is 0 Å². The predicted molar refractivity (Wildman–Crippen MR) is 94.1 cm³/mol. The van der Waals surface area contributed by atoms with Crippen molar-refractivity contribution in [3.63, 3.8) is 0 Å². The van der Waals surface area contributed by atoms with Crippen LogP contribution in [-0.4, -0.2) is 47.1 Å². The lowest BCUT2D eigenvalue weighted by atomic mass is 9.78. The average molecular weight is 364 g/mol. The van der Waals surface area contributed by atoms with Crippen LogP contribution in [0, 0.1) is 11.8 Å². The van der Waals surface area contributed by atoms with Crippen LogP contribution in [0.15, 0.2) is 23.8 Å². The molecule has 0 radical (unpaired) electrons. The summed E-state index contributed by atoms with van der Waals surface area (Å²) in [4.78, 5) is 24.5. The third-order valence-electron chi connectivity index (χ3n) is 6.10. The van der Waals surface area contributed by atoms with Crippen LogP contribution in [0.1, 0.15) is 47.0 Å². The zero-order valence-electron chi connectivity index (χ0n) is 15.9. The Bertz CT molecular complexity index is 653. The Hall–Kier alpha value is -1.66. The molecule has 0 amide bonds. The summed E-state index contributed by atoms with van der Waals surface area (Å²) in [5.41, 5.74) is 0.356. The summed E-state index contributed by atoms with van der Waals surface area (Å²) >= 11 is 0. The van der Waals surface area contributed by atoms with E-state index in [9.17, 15) is 14.7 Å². The zero-order chi connectivity index (χ0) is 19.2. The van der Waals surface area contributed by atoms with Gasteiger partial charge in [-0.05, 0) is 33.1 Å². The van der Waals surface area contributed by atoms with Crippen molar-refractivity contribution in [2.24, 2.45) is 11.8 Å². The van der Waals surface area contributed by atoms with Crippen LogP contribution in [0.2, 0.25) is 0 Å². The Balaban J connectivity index is 1.92. The second-order valence-electron chi connectivity index (χ2n) is 8.05.